The Morgan fingerprint density at radius 1 is 1.03 bits per heavy atom. The third-order valence-electron chi connectivity index (χ3n) is 7.06. The van der Waals surface area contributed by atoms with Gasteiger partial charge in [-0.3, -0.25) is 14.7 Å². The number of likely N-dealkylation sites (tertiary alicyclic amines) is 2. The first-order valence-electron chi connectivity index (χ1n) is 11.4. The minimum Gasteiger partial charge on any atom is -0.487 e. The number of carbonyl (C=O) groups excluding carboxylic acids is 1. The van der Waals surface area contributed by atoms with Gasteiger partial charge in [-0.1, -0.05) is 24.3 Å². The van der Waals surface area contributed by atoms with Gasteiger partial charge in [0.15, 0.2) is 0 Å². The summed E-state index contributed by atoms with van der Waals surface area (Å²) in [7, 11) is 0. The standard InChI is InChI=1S/C25H31N3O2/c29-24(28-13-5-6-14-28)17-20-18-25(30-23-9-2-1-8-22(20)23)10-15-27(16-11-25)19-21-7-3-4-12-26-21/h1-4,7-9,12,20H,5-6,10-11,13-19H2/t20-/m1/s1. The smallest absolute Gasteiger partial charge is 0.223 e. The third-order valence-corrected chi connectivity index (χ3v) is 7.06. The molecule has 0 unspecified atom stereocenters. The fourth-order valence-corrected chi connectivity index (χ4v) is 5.38. The van der Waals surface area contributed by atoms with E-state index in [2.05, 4.69) is 45.1 Å². The van der Waals surface area contributed by atoms with E-state index in [1.807, 2.05) is 18.3 Å². The molecule has 0 bridgehead atoms. The first-order chi connectivity index (χ1) is 14.7. The highest BCUT2D eigenvalue weighted by atomic mass is 16.5. The Morgan fingerprint density at radius 2 is 1.80 bits per heavy atom. The summed E-state index contributed by atoms with van der Waals surface area (Å²) in [5.41, 5.74) is 2.19. The number of ether oxygens (including phenoxy) is 1. The first-order valence-corrected chi connectivity index (χ1v) is 11.4. The Morgan fingerprint density at radius 3 is 2.57 bits per heavy atom. The number of hydrogen-bond acceptors (Lipinski definition) is 4. The molecule has 0 radical (unpaired) electrons. The van der Waals surface area contributed by atoms with Crippen LogP contribution >= 0.6 is 0 Å². The van der Waals surface area contributed by atoms with Crippen LogP contribution in [0.3, 0.4) is 0 Å². The molecule has 2 saturated heterocycles. The number of carbonyl (C=O) groups is 1. The average Bonchev–Trinajstić information content (AvgIpc) is 3.32. The Hall–Kier alpha value is -2.40. The van der Waals surface area contributed by atoms with Crippen LogP contribution in [-0.2, 0) is 11.3 Å². The number of amides is 1. The van der Waals surface area contributed by atoms with Gasteiger partial charge in [0.05, 0.1) is 5.69 Å². The Labute approximate surface area is 179 Å². The highest BCUT2D eigenvalue weighted by molar-refractivity contribution is 5.77. The monoisotopic (exact) mass is 405 g/mol. The maximum absolute atomic E-state index is 12.9. The molecule has 5 heteroatoms. The Kier molecular flexibility index (Phi) is 5.47. The fourth-order valence-electron chi connectivity index (χ4n) is 5.38. The topological polar surface area (TPSA) is 45.7 Å². The Bertz CT molecular complexity index is 871. The van der Waals surface area contributed by atoms with Crippen molar-refractivity contribution in [3.8, 4) is 5.75 Å². The lowest BCUT2D eigenvalue weighted by Crippen LogP contribution is -2.50. The number of rotatable bonds is 4. The molecule has 1 atom stereocenters. The van der Waals surface area contributed by atoms with E-state index in [-0.39, 0.29) is 11.5 Å². The zero-order valence-corrected chi connectivity index (χ0v) is 17.6. The molecule has 2 fully saturated rings. The highest BCUT2D eigenvalue weighted by Crippen LogP contribution is 2.46. The molecule has 5 nitrogen and oxygen atoms in total. The van der Waals surface area contributed by atoms with Crippen molar-refractivity contribution in [3.05, 3.63) is 59.9 Å². The molecule has 0 saturated carbocycles. The highest BCUT2D eigenvalue weighted by Gasteiger charge is 2.44. The second-order valence-electron chi connectivity index (χ2n) is 9.11. The summed E-state index contributed by atoms with van der Waals surface area (Å²) in [6.07, 6.45) is 7.72. The second-order valence-corrected chi connectivity index (χ2v) is 9.11. The third kappa shape index (κ3) is 4.08. The summed E-state index contributed by atoms with van der Waals surface area (Å²) in [6, 6.07) is 14.5. The number of hydrogen-bond donors (Lipinski definition) is 0. The van der Waals surface area contributed by atoms with E-state index in [4.69, 9.17) is 4.74 Å². The van der Waals surface area contributed by atoms with Gasteiger partial charge in [-0.05, 0) is 55.9 Å². The second kappa shape index (κ2) is 8.38. The van der Waals surface area contributed by atoms with Crippen LogP contribution in [0.4, 0.5) is 0 Å². The van der Waals surface area contributed by atoms with Crippen molar-refractivity contribution < 1.29 is 9.53 Å². The zero-order chi connectivity index (χ0) is 20.4. The number of nitrogens with zero attached hydrogens (tertiary/aromatic N) is 3. The minimum atomic E-state index is -0.148. The largest absolute Gasteiger partial charge is 0.487 e. The molecule has 0 N–H and O–H groups in total. The van der Waals surface area contributed by atoms with Crippen LogP contribution in [0.1, 0.15) is 55.7 Å². The molecule has 2 aromatic rings. The Balaban J connectivity index is 1.29. The molecule has 5 rings (SSSR count). The normalized spacial score (nSPS) is 23.2. The molecule has 3 aliphatic heterocycles. The molecule has 158 valence electrons. The van der Waals surface area contributed by atoms with Gasteiger partial charge < -0.3 is 9.64 Å². The van der Waals surface area contributed by atoms with Crippen LogP contribution in [0.5, 0.6) is 5.75 Å². The van der Waals surface area contributed by atoms with E-state index >= 15 is 0 Å². The average molecular weight is 406 g/mol. The number of benzene rings is 1. The van der Waals surface area contributed by atoms with Crippen molar-refractivity contribution in [2.45, 2.75) is 56.6 Å². The van der Waals surface area contributed by atoms with E-state index in [9.17, 15) is 4.79 Å². The van der Waals surface area contributed by atoms with Crippen LogP contribution in [0.2, 0.25) is 0 Å². The molecular formula is C25H31N3O2. The maximum Gasteiger partial charge on any atom is 0.223 e. The molecule has 3 aliphatic rings. The molecule has 30 heavy (non-hydrogen) atoms. The first kappa shape index (κ1) is 19.6. The van der Waals surface area contributed by atoms with Crippen LogP contribution < -0.4 is 4.74 Å². The van der Waals surface area contributed by atoms with Gasteiger partial charge in [0.1, 0.15) is 11.4 Å². The lowest BCUT2D eigenvalue weighted by molar-refractivity contribution is -0.131. The molecule has 1 aromatic heterocycles. The molecule has 1 aromatic carbocycles. The van der Waals surface area contributed by atoms with Crippen molar-refractivity contribution in [1.29, 1.82) is 0 Å². The van der Waals surface area contributed by atoms with Crippen LogP contribution in [-0.4, -0.2) is 52.5 Å². The summed E-state index contributed by atoms with van der Waals surface area (Å²) >= 11 is 0. The van der Waals surface area contributed by atoms with E-state index in [1.54, 1.807) is 0 Å². The van der Waals surface area contributed by atoms with E-state index in [0.717, 1.165) is 76.3 Å². The van der Waals surface area contributed by atoms with E-state index < -0.39 is 0 Å². The van der Waals surface area contributed by atoms with Crippen molar-refractivity contribution in [2.24, 2.45) is 0 Å². The molecule has 4 heterocycles. The zero-order valence-electron chi connectivity index (χ0n) is 17.6. The predicted molar refractivity (Wildman–Crippen MR) is 116 cm³/mol. The van der Waals surface area contributed by atoms with Gasteiger partial charge in [0, 0.05) is 51.3 Å². The van der Waals surface area contributed by atoms with Gasteiger partial charge in [-0.25, -0.2) is 0 Å². The van der Waals surface area contributed by atoms with Crippen LogP contribution in [0.15, 0.2) is 48.7 Å². The van der Waals surface area contributed by atoms with Gasteiger partial charge in [-0.2, -0.15) is 0 Å². The lowest BCUT2D eigenvalue weighted by Gasteiger charge is -2.47. The predicted octanol–water partition coefficient (Wildman–Crippen LogP) is 4.00. The quantitative estimate of drug-likeness (QED) is 0.771. The van der Waals surface area contributed by atoms with Gasteiger partial charge in [0.25, 0.3) is 0 Å². The van der Waals surface area contributed by atoms with Gasteiger partial charge in [-0.15, -0.1) is 0 Å². The van der Waals surface area contributed by atoms with Crippen molar-refractivity contribution in [2.75, 3.05) is 26.2 Å². The van der Waals surface area contributed by atoms with Gasteiger partial charge >= 0.3 is 0 Å². The summed E-state index contributed by atoms with van der Waals surface area (Å²) in [5.74, 6) is 1.56. The molecule has 0 aliphatic carbocycles. The molecule has 1 spiro atoms. The van der Waals surface area contributed by atoms with Crippen LogP contribution in [0, 0.1) is 0 Å². The minimum absolute atomic E-state index is 0.148. The SMILES string of the molecule is O=C(C[C@@H]1CC2(CCN(Cc3ccccn3)CC2)Oc2ccccc21)N1CCCC1. The summed E-state index contributed by atoms with van der Waals surface area (Å²) in [5, 5.41) is 0. The maximum atomic E-state index is 12.9. The number of fused-ring (bicyclic) bond motifs is 1. The van der Waals surface area contributed by atoms with Crippen molar-refractivity contribution in [3.63, 3.8) is 0 Å². The number of para-hydroxylation sites is 1. The lowest BCUT2D eigenvalue weighted by atomic mass is 9.76. The summed E-state index contributed by atoms with van der Waals surface area (Å²) in [4.78, 5) is 21.9. The van der Waals surface area contributed by atoms with Crippen molar-refractivity contribution >= 4 is 5.91 Å². The van der Waals surface area contributed by atoms with Gasteiger partial charge in [0.2, 0.25) is 5.91 Å². The molecule has 1 amide bonds. The van der Waals surface area contributed by atoms with Crippen molar-refractivity contribution in [1.82, 2.24) is 14.8 Å². The molecular weight excluding hydrogens is 374 g/mol. The summed E-state index contributed by atoms with van der Waals surface area (Å²) in [6.45, 7) is 4.76. The fraction of sp³-hybridized carbons (Fsp3) is 0.520. The van der Waals surface area contributed by atoms with E-state index in [0.29, 0.717) is 12.3 Å². The van der Waals surface area contributed by atoms with Crippen LogP contribution in [0.25, 0.3) is 0 Å². The van der Waals surface area contributed by atoms with E-state index in [1.165, 1.54) is 5.56 Å². The number of pyridine rings is 1. The number of piperidine rings is 1. The summed E-state index contributed by atoms with van der Waals surface area (Å²) < 4.78 is 6.63. The number of aromatic nitrogens is 1.